The number of rotatable bonds is 3. The third-order valence-corrected chi connectivity index (χ3v) is 6.18. The van der Waals surface area contributed by atoms with Crippen molar-refractivity contribution >= 4 is 10.0 Å². The van der Waals surface area contributed by atoms with Crippen molar-refractivity contribution in [2.45, 2.75) is 37.5 Å². The maximum atomic E-state index is 13.0. The van der Waals surface area contributed by atoms with Crippen LogP contribution in [-0.2, 0) is 14.8 Å². The number of hydrogen-bond donors (Lipinski definition) is 0. The first-order valence-corrected chi connectivity index (χ1v) is 9.07. The molecule has 0 aliphatic carbocycles. The monoisotopic (exact) mass is 331 g/mol. The fraction of sp³-hybridized carbons (Fsp3) is 0.333. The van der Waals surface area contributed by atoms with Crippen molar-refractivity contribution < 1.29 is 13.2 Å². The van der Waals surface area contributed by atoms with Crippen LogP contribution in [0.15, 0.2) is 59.5 Å². The average molecular weight is 331 g/mol. The highest BCUT2D eigenvalue weighted by atomic mass is 32.2. The van der Waals surface area contributed by atoms with Crippen molar-refractivity contribution in [2.24, 2.45) is 0 Å². The molecule has 122 valence electrons. The van der Waals surface area contributed by atoms with Gasteiger partial charge in [-0.05, 0) is 38.5 Å². The molecule has 0 saturated carbocycles. The summed E-state index contributed by atoms with van der Waals surface area (Å²) in [6.07, 6.45) is -0.258. The minimum Gasteiger partial charge on any atom is -0.351 e. The molecule has 4 nitrogen and oxygen atoms in total. The molecule has 23 heavy (non-hydrogen) atoms. The molecule has 1 aliphatic heterocycles. The van der Waals surface area contributed by atoms with E-state index in [0.717, 1.165) is 11.1 Å². The van der Waals surface area contributed by atoms with Crippen molar-refractivity contribution in [2.75, 3.05) is 6.54 Å². The Balaban J connectivity index is 1.94. The van der Waals surface area contributed by atoms with E-state index < -0.39 is 15.7 Å². The van der Waals surface area contributed by atoms with Crippen LogP contribution < -0.4 is 0 Å². The summed E-state index contributed by atoms with van der Waals surface area (Å²) in [5, 5.41) is 0. The maximum Gasteiger partial charge on any atom is 0.245 e. The molecule has 1 saturated heterocycles. The van der Waals surface area contributed by atoms with Crippen LogP contribution in [-0.4, -0.2) is 25.0 Å². The van der Waals surface area contributed by atoms with Gasteiger partial charge < -0.3 is 4.74 Å². The lowest BCUT2D eigenvalue weighted by Gasteiger charge is -2.28. The fourth-order valence-electron chi connectivity index (χ4n) is 2.88. The lowest BCUT2D eigenvalue weighted by molar-refractivity contribution is -0.0508. The molecule has 0 bridgehead atoms. The minimum atomic E-state index is -3.60. The van der Waals surface area contributed by atoms with E-state index in [1.807, 2.05) is 49.4 Å². The largest absolute Gasteiger partial charge is 0.351 e. The quantitative estimate of drug-likeness (QED) is 0.865. The van der Waals surface area contributed by atoms with Crippen LogP contribution in [0.25, 0.3) is 0 Å². The summed E-state index contributed by atoms with van der Waals surface area (Å²) in [4.78, 5) is 0.300. The van der Waals surface area contributed by atoms with Gasteiger partial charge in [0.25, 0.3) is 0 Å². The molecule has 0 unspecified atom stereocenters. The molecule has 1 aliphatic rings. The normalized spacial score (nSPS) is 21.4. The van der Waals surface area contributed by atoms with Gasteiger partial charge in [0.2, 0.25) is 10.0 Å². The van der Waals surface area contributed by atoms with Crippen LogP contribution in [0.2, 0.25) is 0 Å². The van der Waals surface area contributed by atoms with Crippen LogP contribution in [0.1, 0.15) is 31.1 Å². The van der Waals surface area contributed by atoms with Crippen LogP contribution in [0.3, 0.4) is 0 Å². The van der Waals surface area contributed by atoms with Gasteiger partial charge >= 0.3 is 0 Å². The Hall–Kier alpha value is -1.69. The Morgan fingerprint density at radius 3 is 2.26 bits per heavy atom. The van der Waals surface area contributed by atoms with Crippen LogP contribution in [0, 0.1) is 6.92 Å². The minimum absolute atomic E-state index is 0.258. The predicted octanol–water partition coefficient (Wildman–Crippen LogP) is 3.49. The van der Waals surface area contributed by atoms with Crippen molar-refractivity contribution in [3.63, 3.8) is 0 Å². The number of hydrogen-bond acceptors (Lipinski definition) is 3. The van der Waals surface area contributed by atoms with E-state index in [1.54, 1.807) is 26.0 Å². The first-order valence-electron chi connectivity index (χ1n) is 7.63. The molecule has 0 N–H and O–H groups in total. The van der Waals surface area contributed by atoms with Gasteiger partial charge in [-0.3, -0.25) is 0 Å². The maximum absolute atomic E-state index is 13.0. The number of sulfonamides is 1. The summed E-state index contributed by atoms with van der Waals surface area (Å²) in [5.41, 5.74) is 1.13. The highest BCUT2D eigenvalue weighted by molar-refractivity contribution is 7.89. The van der Waals surface area contributed by atoms with Gasteiger partial charge in [-0.15, -0.1) is 0 Å². The molecule has 0 spiro atoms. The highest BCUT2D eigenvalue weighted by Gasteiger charge is 2.47. The van der Waals surface area contributed by atoms with Crippen molar-refractivity contribution in [1.82, 2.24) is 4.31 Å². The van der Waals surface area contributed by atoms with Gasteiger partial charge in [0, 0.05) is 6.54 Å². The Labute approximate surface area is 137 Å². The van der Waals surface area contributed by atoms with Gasteiger partial charge in [-0.2, -0.15) is 4.31 Å². The van der Waals surface area contributed by atoms with Gasteiger partial charge in [0.05, 0.1) is 11.0 Å². The Bertz CT molecular complexity index is 783. The number of nitrogens with zero attached hydrogens (tertiary/aromatic N) is 1. The molecule has 3 rings (SSSR count). The highest BCUT2D eigenvalue weighted by Crippen LogP contribution is 2.39. The molecule has 1 heterocycles. The Kier molecular flexibility index (Phi) is 4.04. The molecular formula is C18H21NO3S. The molecule has 2 aromatic carbocycles. The molecule has 5 heteroatoms. The third kappa shape index (κ3) is 3.04. The molecular weight excluding hydrogens is 310 g/mol. The lowest BCUT2D eigenvalue weighted by atomic mass is 10.1. The zero-order chi connectivity index (χ0) is 16.7. The van der Waals surface area contributed by atoms with E-state index in [2.05, 4.69) is 0 Å². The van der Waals surface area contributed by atoms with Crippen LogP contribution in [0.5, 0.6) is 0 Å². The van der Waals surface area contributed by atoms with Gasteiger partial charge in [0.15, 0.2) is 0 Å². The SMILES string of the molecule is Cc1ccc(S(=O)(=O)N2C[C@H](c3ccccc3)OC2(C)C)cc1. The Morgan fingerprint density at radius 1 is 1.04 bits per heavy atom. The standard InChI is InChI=1S/C18H21NO3S/c1-14-9-11-16(12-10-14)23(20,21)19-13-17(22-18(19,2)3)15-7-5-4-6-8-15/h4-12,17H,13H2,1-3H3/t17-/m1/s1. The van der Waals surface area contributed by atoms with E-state index >= 15 is 0 Å². The van der Waals surface area contributed by atoms with Crippen LogP contribution >= 0.6 is 0 Å². The summed E-state index contributed by atoms with van der Waals surface area (Å²) in [7, 11) is -3.60. The topological polar surface area (TPSA) is 46.6 Å². The zero-order valence-electron chi connectivity index (χ0n) is 13.6. The molecule has 2 aromatic rings. The molecule has 0 amide bonds. The van der Waals surface area contributed by atoms with E-state index in [1.165, 1.54) is 4.31 Å². The summed E-state index contributed by atoms with van der Waals surface area (Å²) in [6, 6.07) is 16.6. The van der Waals surface area contributed by atoms with E-state index in [4.69, 9.17) is 4.74 Å². The summed E-state index contributed by atoms with van der Waals surface area (Å²) < 4.78 is 33.4. The molecule has 1 fully saturated rings. The first kappa shape index (κ1) is 16.2. The second-order valence-corrected chi connectivity index (χ2v) is 8.18. The van der Waals surface area contributed by atoms with Gasteiger partial charge in [-0.1, -0.05) is 48.0 Å². The number of aryl methyl sites for hydroxylation is 1. The van der Waals surface area contributed by atoms with E-state index in [0.29, 0.717) is 11.4 Å². The fourth-order valence-corrected chi connectivity index (χ4v) is 4.57. The summed E-state index contributed by atoms with van der Waals surface area (Å²) in [5.74, 6) is 0. The number of benzene rings is 2. The second kappa shape index (κ2) is 5.74. The van der Waals surface area contributed by atoms with Crippen molar-refractivity contribution in [3.8, 4) is 0 Å². The smallest absolute Gasteiger partial charge is 0.245 e. The Morgan fingerprint density at radius 2 is 1.65 bits per heavy atom. The molecule has 0 aromatic heterocycles. The van der Waals surface area contributed by atoms with Crippen molar-refractivity contribution in [1.29, 1.82) is 0 Å². The van der Waals surface area contributed by atoms with Gasteiger partial charge in [-0.25, -0.2) is 8.42 Å². The van der Waals surface area contributed by atoms with Crippen molar-refractivity contribution in [3.05, 3.63) is 65.7 Å². The second-order valence-electron chi connectivity index (χ2n) is 6.31. The average Bonchev–Trinajstić information content (AvgIpc) is 2.85. The molecule has 0 radical (unpaired) electrons. The summed E-state index contributed by atoms with van der Waals surface area (Å²) >= 11 is 0. The van der Waals surface area contributed by atoms with E-state index in [9.17, 15) is 8.42 Å². The van der Waals surface area contributed by atoms with Gasteiger partial charge in [0.1, 0.15) is 5.72 Å². The van der Waals surface area contributed by atoms with Crippen LogP contribution in [0.4, 0.5) is 0 Å². The third-order valence-electron chi connectivity index (χ3n) is 4.14. The first-order chi connectivity index (χ1) is 10.8. The summed E-state index contributed by atoms with van der Waals surface area (Å²) in [6.45, 7) is 5.83. The number of ether oxygens (including phenoxy) is 1. The zero-order valence-corrected chi connectivity index (χ0v) is 14.4. The molecule has 1 atom stereocenters. The lowest BCUT2D eigenvalue weighted by Crippen LogP contribution is -2.43. The predicted molar refractivity (Wildman–Crippen MR) is 89.4 cm³/mol. The van der Waals surface area contributed by atoms with E-state index in [-0.39, 0.29) is 6.10 Å².